The maximum atomic E-state index is 12.5. The summed E-state index contributed by atoms with van der Waals surface area (Å²) in [7, 11) is 1.29. The van der Waals surface area contributed by atoms with Gasteiger partial charge in [0.2, 0.25) is 0 Å². The van der Waals surface area contributed by atoms with Crippen LogP contribution in [0, 0.1) is 23.0 Å². The van der Waals surface area contributed by atoms with E-state index in [1.54, 1.807) is 6.07 Å². The van der Waals surface area contributed by atoms with Crippen molar-refractivity contribution in [1.29, 1.82) is 5.26 Å². The minimum absolute atomic E-state index is 0.0172. The maximum absolute atomic E-state index is 12.5. The molecule has 0 atom stereocenters. The molecular formula is C8H5F2NO. The van der Waals surface area contributed by atoms with Gasteiger partial charge < -0.3 is 4.74 Å². The van der Waals surface area contributed by atoms with Crippen LogP contribution < -0.4 is 4.74 Å². The first kappa shape index (κ1) is 8.47. The monoisotopic (exact) mass is 169 g/mol. The van der Waals surface area contributed by atoms with E-state index in [-0.39, 0.29) is 11.3 Å². The second-order valence-electron chi connectivity index (χ2n) is 2.08. The zero-order chi connectivity index (χ0) is 9.14. The molecule has 12 heavy (non-hydrogen) atoms. The second-order valence-corrected chi connectivity index (χ2v) is 2.08. The average molecular weight is 169 g/mol. The van der Waals surface area contributed by atoms with Crippen molar-refractivity contribution in [2.24, 2.45) is 0 Å². The highest BCUT2D eigenvalue weighted by atomic mass is 19.2. The lowest BCUT2D eigenvalue weighted by molar-refractivity contribution is 0.405. The summed E-state index contributed by atoms with van der Waals surface area (Å²) in [6, 6.07) is 3.32. The SMILES string of the molecule is COc1cc(F)c(F)cc1C#N. The number of ether oxygens (including phenoxy) is 1. The molecule has 0 spiro atoms. The predicted molar refractivity (Wildman–Crippen MR) is 37.6 cm³/mol. The Labute approximate surface area is 68.0 Å². The van der Waals surface area contributed by atoms with Crippen molar-refractivity contribution in [3.05, 3.63) is 29.3 Å². The smallest absolute Gasteiger partial charge is 0.162 e. The molecule has 0 heterocycles. The van der Waals surface area contributed by atoms with Crippen LogP contribution in [-0.4, -0.2) is 7.11 Å². The molecule has 4 heteroatoms. The number of nitrogens with zero attached hydrogens (tertiary/aromatic N) is 1. The van der Waals surface area contributed by atoms with Crippen LogP contribution in [0.5, 0.6) is 5.75 Å². The van der Waals surface area contributed by atoms with E-state index in [4.69, 9.17) is 5.26 Å². The summed E-state index contributed by atoms with van der Waals surface area (Å²) in [5.74, 6) is -2.03. The van der Waals surface area contributed by atoms with Crippen LogP contribution in [0.1, 0.15) is 5.56 Å². The summed E-state index contributed by atoms with van der Waals surface area (Å²) >= 11 is 0. The highest BCUT2D eigenvalue weighted by molar-refractivity contribution is 5.43. The molecule has 0 aliphatic heterocycles. The van der Waals surface area contributed by atoms with Crippen molar-refractivity contribution >= 4 is 0 Å². The van der Waals surface area contributed by atoms with E-state index in [1.807, 2.05) is 0 Å². The van der Waals surface area contributed by atoms with Crippen LogP contribution in [0.15, 0.2) is 12.1 Å². The zero-order valence-corrected chi connectivity index (χ0v) is 6.27. The summed E-state index contributed by atoms with van der Waals surface area (Å²) in [5.41, 5.74) is -0.0172. The van der Waals surface area contributed by atoms with Crippen LogP contribution in [0.3, 0.4) is 0 Å². The van der Waals surface area contributed by atoms with Gasteiger partial charge in [0.1, 0.15) is 11.8 Å². The summed E-state index contributed by atoms with van der Waals surface area (Å²) in [6.07, 6.45) is 0. The van der Waals surface area contributed by atoms with E-state index in [0.29, 0.717) is 0 Å². The van der Waals surface area contributed by atoms with Gasteiger partial charge in [0.25, 0.3) is 0 Å². The Kier molecular flexibility index (Phi) is 2.24. The van der Waals surface area contributed by atoms with Gasteiger partial charge >= 0.3 is 0 Å². The van der Waals surface area contributed by atoms with Crippen molar-refractivity contribution < 1.29 is 13.5 Å². The van der Waals surface area contributed by atoms with Crippen LogP contribution >= 0.6 is 0 Å². The predicted octanol–water partition coefficient (Wildman–Crippen LogP) is 1.85. The standard InChI is InChI=1S/C8H5F2NO/c1-12-8-3-7(10)6(9)2-5(8)4-11/h2-3H,1H3. The molecule has 1 aromatic carbocycles. The number of hydrogen-bond acceptors (Lipinski definition) is 2. The van der Waals surface area contributed by atoms with Crippen molar-refractivity contribution in [1.82, 2.24) is 0 Å². The van der Waals surface area contributed by atoms with Crippen LogP contribution in [-0.2, 0) is 0 Å². The molecule has 0 bridgehead atoms. The van der Waals surface area contributed by atoms with E-state index in [1.165, 1.54) is 7.11 Å². The third kappa shape index (κ3) is 1.35. The molecule has 2 nitrogen and oxygen atoms in total. The largest absolute Gasteiger partial charge is 0.495 e. The average Bonchev–Trinajstić information content (AvgIpc) is 2.09. The van der Waals surface area contributed by atoms with Gasteiger partial charge in [0.05, 0.1) is 12.7 Å². The van der Waals surface area contributed by atoms with E-state index in [9.17, 15) is 8.78 Å². The van der Waals surface area contributed by atoms with Crippen molar-refractivity contribution in [2.45, 2.75) is 0 Å². The van der Waals surface area contributed by atoms with Gasteiger partial charge in [0.15, 0.2) is 11.6 Å². The Morgan fingerprint density at radius 3 is 2.42 bits per heavy atom. The molecule has 0 fully saturated rings. The van der Waals surface area contributed by atoms with Crippen LogP contribution in [0.25, 0.3) is 0 Å². The van der Waals surface area contributed by atoms with Crippen LogP contribution in [0.2, 0.25) is 0 Å². The number of nitriles is 1. The van der Waals surface area contributed by atoms with Gasteiger partial charge in [-0.15, -0.1) is 0 Å². The quantitative estimate of drug-likeness (QED) is 0.642. The minimum atomic E-state index is -1.05. The Hall–Kier alpha value is -1.63. The Balaban J connectivity index is 3.31. The number of rotatable bonds is 1. The first-order valence-corrected chi connectivity index (χ1v) is 3.12. The van der Waals surface area contributed by atoms with Gasteiger partial charge in [-0.3, -0.25) is 0 Å². The van der Waals surface area contributed by atoms with Crippen molar-refractivity contribution in [2.75, 3.05) is 7.11 Å². The highest BCUT2D eigenvalue weighted by Gasteiger charge is 2.08. The van der Waals surface area contributed by atoms with Crippen LogP contribution in [0.4, 0.5) is 8.78 Å². The van der Waals surface area contributed by atoms with E-state index < -0.39 is 11.6 Å². The molecule has 62 valence electrons. The zero-order valence-electron chi connectivity index (χ0n) is 6.27. The van der Waals surface area contributed by atoms with Crippen molar-refractivity contribution in [3.63, 3.8) is 0 Å². The molecule has 1 aromatic rings. The molecule has 0 aliphatic rings. The van der Waals surface area contributed by atoms with Crippen molar-refractivity contribution in [3.8, 4) is 11.8 Å². The fourth-order valence-corrected chi connectivity index (χ4v) is 0.785. The molecule has 0 saturated heterocycles. The van der Waals surface area contributed by atoms with Gasteiger partial charge in [0, 0.05) is 6.07 Å². The summed E-state index contributed by atoms with van der Waals surface area (Å²) in [6.45, 7) is 0. The molecule has 0 aromatic heterocycles. The van der Waals surface area contributed by atoms with Gasteiger partial charge in [-0.25, -0.2) is 8.78 Å². The third-order valence-corrected chi connectivity index (χ3v) is 1.36. The lowest BCUT2D eigenvalue weighted by Crippen LogP contribution is -1.92. The lowest BCUT2D eigenvalue weighted by atomic mass is 10.2. The molecule has 0 saturated carbocycles. The molecular weight excluding hydrogens is 164 g/mol. The second kappa shape index (κ2) is 3.18. The van der Waals surface area contributed by atoms with E-state index >= 15 is 0 Å². The Morgan fingerprint density at radius 2 is 1.92 bits per heavy atom. The fourth-order valence-electron chi connectivity index (χ4n) is 0.785. The van der Waals surface area contributed by atoms with E-state index in [0.717, 1.165) is 12.1 Å². The Bertz CT molecular complexity index is 344. The van der Waals surface area contributed by atoms with Gasteiger partial charge in [-0.2, -0.15) is 5.26 Å². The first-order valence-electron chi connectivity index (χ1n) is 3.12. The van der Waals surface area contributed by atoms with E-state index in [2.05, 4.69) is 4.74 Å². The highest BCUT2D eigenvalue weighted by Crippen LogP contribution is 2.20. The molecule has 0 unspecified atom stereocenters. The third-order valence-electron chi connectivity index (χ3n) is 1.36. The Morgan fingerprint density at radius 1 is 1.33 bits per heavy atom. The minimum Gasteiger partial charge on any atom is -0.495 e. The topological polar surface area (TPSA) is 33.0 Å². The number of halogens is 2. The number of hydrogen-bond donors (Lipinski definition) is 0. The maximum Gasteiger partial charge on any atom is 0.162 e. The number of benzene rings is 1. The lowest BCUT2D eigenvalue weighted by Gasteiger charge is -2.01. The molecule has 0 radical (unpaired) electrons. The van der Waals surface area contributed by atoms with Gasteiger partial charge in [-0.05, 0) is 6.07 Å². The first-order chi connectivity index (χ1) is 5.69. The summed E-state index contributed by atoms with van der Waals surface area (Å²) in [5, 5.41) is 8.45. The van der Waals surface area contributed by atoms with Gasteiger partial charge in [-0.1, -0.05) is 0 Å². The molecule has 0 amide bonds. The number of methoxy groups -OCH3 is 1. The molecule has 0 N–H and O–H groups in total. The molecule has 1 rings (SSSR count). The molecule has 0 aliphatic carbocycles. The fraction of sp³-hybridized carbons (Fsp3) is 0.125. The normalized spacial score (nSPS) is 9.17. The summed E-state index contributed by atoms with van der Waals surface area (Å²) in [4.78, 5) is 0. The summed E-state index contributed by atoms with van der Waals surface area (Å²) < 4.78 is 29.7.